The van der Waals surface area contributed by atoms with E-state index < -0.39 is 0 Å². The molecule has 0 aromatic carbocycles. The number of allylic oxidation sites excluding steroid dienone is 3. The third kappa shape index (κ3) is 5.84. The summed E-state index contributed by atoms with van der Waals surface area (Å²) in [6.07, 6.45) is 19.7. The molecule has 26 heavy (non-hydrogen) atoms. The van der Waals surface area contributed by atoms with Crippen LogP contribution in [0.1, 0.15) is 71.1 Å². The van der Waals surface area contributed by atoms with E-state index >= 15 is 0 Å². The second-order valence-electron chi connectivity index (χ2n) is 8.72. The molecule has 0 radical (unpaired) electrons. The highest BCUT2D eigenvalue weighted by molar-refractivity contribution is 6.25. The van der Waals surface area contributed by atoms with Crippen molar-refractivity contribution in [3.05, 3.63) is 23.8 Å². The fourth-order valence-corrected chi connectivity index (χ4v) is 5.50. The average Bonchev–Trinajstić information content (AvgIpc) is 2.70. The van der Waals surface area contributed by atoms with Gasteiger partial charge in [0.25, 0.3) is 0 Å². The van der Waals surface area contributed by atoms with Crippen molar-refractivity contribution < 1.29 is 9.47 Å². The SMILES string of the molecule is CC=CCCC1COC(C2CCC(C3CCC(C=CCl)CC3)CC2)OC1. The predicted molar refractivity (Wildman–Crippen MR) is 109 cm³/mol. The van der Waals surface area contributed by atoms with Gasteiger partial charge in [0.05, 0.1) is 13.2 Å². The van der Waals surface area contributed by atoms with E-state index in [0.29, 0.717) is 11.8 Å². The molecule has 1 saturated heterocycles. The lowest BCUT2D eigenvalue weighted by Crippen LogP contribution is -2.39. The van der Waals surface area contributed by atoms with Crippen LogP contribution in [0.5, 0.6) is 0 Å². The lowest BCUT2D eigenvalue weighted by molar-refractivity contribution is -0.230. The van der Waals surface area contributed by atoms with Crippen molar-refractivity contribution in [2.24, 2.45) is 29.6 Å². The first-order chi connectivity index (χ1) is 12.8. The van der Waals surface area contributed by atoms with Crippen molar-refractivity contribution in [2.45, 2.75) is 77.4 Å². The van der Waals surface area contributed by atoms with Crippen LogP contribution in [0, 0.1) is 29.6 Å². The minimum atomic E-state index is 0.0681. The zero-order valence-corrected chi connectivity index (χ0v) is 17.2. The Morgan fingerprint density at radius 3 is 2.00 bits per heavy atom. The van der Waals surface area contributed by atoms with Crippen LogP contribution in [0.3, 0.4) is 0 Å². The van der Waals surface area contributed by atoms with Crippen molar-refractivity contribution in [3.63, 3.8) is 0 Å². The summed E-state index contributed by atoms with van der Waals surface area (Å²) in [5.74, 6) is 3.81. The monoisotopic (exact) mass is 380 g/mol. The number of hydrogen-bond acceptors (Lipinski definition) is 2. The highest BCUT2D eigenvalue weighted by Crippen LogP contribution is 2.43. The van der Waals surface area contributed by atoms with Crippen molar-refractivity contribution in [3.8, 4) is 0 Å². The molecule has 0 aromatic heterocycles. The van der Waals surface area contributed by atoms with Crippen LogP contribution < -0.4 is 0 Å². The highest BCUT2D eigenvalue weighted by Gasteiger charge is 2.35. The first kappa shape index (κ1) is 20.4. The molecule has 2 saturated carbocycles. The number of ether oxygens (including phenoxy) is 2. The third-order valence-corrected chi connectivity index (χ3v) is 7.14. The lowest BCUT2D eigenvalue weighted by atomic mass is 9.69. The summed E-state index contributed by atoms with van der Waals surface area (Å²) >= 11 is 5.74. The quantitative estimate of drug-likeness (QED) is 0.477. The fraction of sp³-hybridized carbons (Fsp3) is 0.826. The molecule has 2 aliphatic carbocycles. The Labute approximate surface area is 165 Å². The molecule has 0 bridgehead atoms. The molecule has 3 fully saturated rings. The third-order valence-electron chi connectivity index (χ3n) is 7.00. The second kappa shape index (κ2) is 10.9. The summed E-state index contributed by atoms with van der Waals surface area (Å²) in [6.45, 7) is 3.86. The van der Waals surface area contributed by atoms with Gasteiger partial charge < -0.3 is 9.47 Å². The first-order valence-electron chi connectivity index (χ1n) is 10.9. The van der Waals surface area contributed by atoms with E-state index in [0.717, 1.165) is 37.4 Å². The Balaban J connectivity index is 1.34. The van der Waals surface area contributed by atoms with Gasteiger partial charge in [-0.05, 0) is 88.9 Å². The molecule has 0 atom stereocenters. The molecule has 0 unspecified atom stereocenters. The zero-order chi connectivity index (χ0) is 18.2. The Morgan fingerprint density at radius 2 is 1.42 bits per heavy atom. The summed E-state index contributed by atoms with van der Waals surface area (Å²) < 4.78 is 12.2. The van der Waals surface area contributed by atoms with Crippen molar-refractivity contribution in [2.75, 3.05) is 13.2 Å². The Hall–Kier alpha value is -0.310. The molecule has 3 rings (SSSR count). The summed E-state index contributed by atoms with van der Waals surface area (Å²) in [5, 5.41) is 0. The van der Waals surface area contributed by atoms with Crippen LogP contribution in [0.2, 0.25) is 0 Å². The molecule has 148 valence electrons. The molecule has 3 aliphatic rings. The van der Waals surface area contributed by atoms with Crippen LogP contribution in [0.15, 0.2) is 23.8 Å². The highest BCUT2D eigenvalue weighted by atomic mass is 35.5. The van der Waals surface area contributed by atoms with Gasteiger partial charge in [-0.3, -0.25) is 0 Å². The molecule has 0 amide bonds. The van der Waals surface area contributed by atoms with Gasteiger partial charge in [0, 0.05) is 17.4 Å². The summed E-state index contributed by atoms with van der Waals surface area (Å²) in [6, 6.07) is 0. The van der Waals surface area contributed by atoms with Crippen molar-refractivity contribution >= 4 is 11.6 Å². The van der Waals surface area contributed by atoms with Crippen LogP contribution in [-0.4, -0.2) is 19.5 Å². The molecule has 2 nitrogen and oxygen atoms in total. The number of halogens is 1. The minimum Gasteiger partial charge on any atom is -0.352 e. The van der Waals surface area contributed by atoms with Gasteiger partial charge in [0.2, 0.25) is 0 Å². The van der Waals surface area contributed by atoms with E-state index in [1.165, 1.54) is 57.8 Å². The maximum Gasteiger partial charge on any atom is 0.160 e. The van der Waals surface area contributed by atoms with Gasteiger partial charge in [0.15, 0.2) is 6.29 Å². The standard InChI is InChI=1S/C23H37ClO2/c1-2-3-4-5-19-16-25-23(26-17-19)22-12-10-21(11-13-22)20-8-6-18(7-9-20)14-15-24/h2-3,14-15,18-23H,4-13,16-17H2,1H3. The van der Waals surface area contributed by atoms with Crippen LogP contribution in [0.25, 0.3) is 0 Å². The van der Waals surface area contributed by atoms with E-state index in [2.05, 4.69) is 25.2 Å². The van der Waals surface area contributed by atoms with Gasteiger partial charge >= 0.3 is 0 Å². The molecular weight excluding hydrogens is 344 g/mol. The smallest absolute Gasteiger partial charge is 0.160 e. The molecule has 1 heterocycles. The largest absolute Gasteiger partial charge is 0.352 e. The van der Waals surface area contributed by atoms with Gasteiger partial charge in [0.1, 0.15) is 0 Å². The van der Waals surface area contributed by atoms with Crippen LogP contribution >= 0.6 is 11.6 Å². The van der Waals surface area contributed by atoms with Gasteiger partial charge in [-0.25, -0.2) is 0 Å². The Kier molecular flexibility index (Phi) is 8.55. The molecule has 0 N–H and O–H groups in total. The molecular formula is C23H37ClO2. The zero-order valence-electron chi connectivity index (χ0n) is 16.5. The Bertz CT molecular complexity index is 437. The summed E-state index contributed by atoms with van der Waals surface area (Å²) in [7, 11) is 0. The maximum absolute atomic E-state index is 6.12. The average molecular weight is 381 g/mol. The van der Waals surface area contributed by atoms with Crippen molar-refractivity contribution in [1.29, 1.82) is 0 Å². The molecule has 0 spiro atoms. The fourth-order valence-electron chi connectivity index (χ4n) is 5.30. The van der Waals surface area contributed by atoms with Gasteiger partial charge in [-0.2, -0.15) is 0 Å². The molecule has 0 aromatic rings. The molecule has 1 aliphatic heterocycles. The van der Waals surface area contributed by atoms with E-state index in [4.69, 9.17) is 21.1 Å². The van der Waals surface area contributed by atoms with E-state index in [-0.39, 0.29) is 6.29 Å². The number of hydrogen-bond donors (Lipinski definition) is 0. The number of rotatable bonds is 6. The van der Waals surface area contributed by atoms with Crippen LogP contribution in [-0.2, 0) is 9.47 Å². The normalized spacial score (nSPS) is 39.6. The summed E-state index contributed by atoms with van der Waals surface area (Å²) in [4.78, 5) is 0. The second-order valence-corrected chi connectivity index (χ2v) is 8.97. The predicted octanol–water partition coefficient (Wildman–Crippen LogP) is 6.70. The van der Waals surface area contributed by atoms with E-state index in [9.17, 15) is 0 Å². The van der Waals surface area contributed by atoms with Crippen molar-refractivity contribution in [1.82, 2.24) is 0 Å². The van der Waals surface area contributed by atoms with Gasteiger partial charge in [-0.15, -0.1) is 0 Å². The van der Waals surface area contributed by atoms with E-state index in [1.807, 2.05) is 0 Å². The van der Waals surface area contributed by atoms with E-state index in [1.54, 1.807) is 5.54 Å². The summed E-state index contributed by atoms with van der Waals surface area (Å²) in [5.41, 5.74) is 1.71. The maximum atomic E-state index is 6.12. The first-order valence-corrected chi connectivity index (χ1v) is 11.3. The van der Waals surface area contributed by atoms with Crippen LogP contribution in [0.4, 0.5) is 0 Å². The lowest BCUT2D eigenvalue weighted by Gasteiger charge is -2.40. The minimum absolute atomic E-state index is 0.0681. The topological polar surface area (TPSA) is 18.5 Å². The van der Waals surface area contributed by atoms with Gasteiger partial charge in [-0.1, -0.05) is 29.8 Å². The molecule has 3 heteroatoms. The Morgan fingerprint density at radius 1 is 0.846 bits per heavy atom.